The maximum absolute atomic E-state index is 13.6. The minimum absolute atomic E-state index is 0.0872. The highest BCUT2D eigenvalue weighted by Gasteiger charge is 2.23. The standard InChI is InChI=1S/C18H21FN2/c1-14-5-6-15(11-18(14)19)10-16-7-9-21(12-16)13-17-4-2-3-8-20-17/h2-6,8,11,16H,7,9-10,12-13H2,1H3. The number of hydrogen-bond acceptors (Lipinski definition) is 2. The third-order valence-electron chi connectivity index (χ3n) is 4.24. The molecule has 1 saturated heterocycles. The van der Waals surface area contributed by atoms with E-state index in [0.717, 1.165) is 42.9 Å². The van der Waals surface area contributed by atoms with Gasteiger partial charge in [0.25, 0.3) is 0 Å². The Hall–Kier alpha value is -1.74. The third kappa shape index (κ3) is 3.67. The minimum atomic E-state index is -0.0872. The van der Waals surface area contributed by atoms with E-state index in [-0.39, 0.29) is 5.82 Å². The van der Waals surface area contributed by atoms with Gasteiger partial charge in [0.2, 0.25) is 0 Å². The fraction of sp³-hybridized carbons (Fsp3) is 0.389. The predicted octanol–water partition coefficient (Wildman–Crippen LogP) is 3.59. The predicted molar refractivity (Wildman–Crippen MR) is 82.5 cm³/mol. The topological polar surface area (TPSA) is 16.1 Å². The first-order valence-corrected chi connectivity index (χ1v) is 7.58. The van der Waals surface area contributed by atoms with Crippen LogP contribution in [0.4, 0.5) is 4.39 Å². The van der Waals surface area contributed by atoms with Gasteiger partial charge in [-0.15, -0.1) is 0 Å². The molecular weight excluding hydrogens is 263 g/mol. The molecule has 0 amide bonds. The fourth-order valence-electron chi connectivity index (χ4n) is 3.04. The number of aromatic nitrogens is 1. The Morgan fingerprint density at radius 3 is 2.95 bits per heavy atom. The van der Waals surface area contributed by atoms with E-state index >= 15 is 0 Å². The van der Waals surface area contributed by atoms with Crippen molar-refractivity contribution < 1.29 is 4.39 Å². The molecule has 0 bridgehead atoms. The second-order valence-corrected chi connectivity index (χ2v) is 6.00. The van der Waals surface area contributed by atoms with Gasteiger partial charge in [-0.05, 0) is 61.6 Å². The number of halogens is 1. The first-order chi connectivity index (χ1) is 10.2. The Labute approximate surface area is 125 Å². The molecule has 2 heterocycles. The van der Waals surface area contributed by atoms with Gasteiger partial charge in [-0.1, -0.05) is 18.2 Å². The maximum atomic E-state index is 13.6. The van der Waals surface area contributed by atoms with Crippen LogP contribution in [0, 0.1) is 18.7 Å². The van der Waals surface area contributed by atoms with Crippen LogP contribution in [0.5, 0.6) is 0 Å². The summed E-state index contributed by atoms with van der Waals surface area (Å²) in [6.45, 7) is 4.91. The van der Waals surface area contributed by atoms with Gasteiger partial charge in [-0.2, -0.15) is 0 Å². The molecule has 3 heteroatoms. The Kier molecular flexibility index (Phi) is 4.30. The highest BCUT2D eigenvalue weighted by atomic mass is 19.1. The van der Waals surface area contributed by atoms with E-state index in [4.69, 9.17) is 0 Å². The summed E-state index contributed by atoms with van der Waals surface area (Å²) in [4.78, 5) is 6.82. The SMILES string of the molecule is Cc1ccc(CC2CCN(Cc3ccccn3)C2)cc1F. The zero-order chi connectivity index (χ0) is 14.7. The smallest absolute Gasteiger partial charge is 0.126 e. The van der Waals surface area contributed by atoms with Crippen LogP contribution in [0.15, 0.2) is 42.6 Å². The average molecular weight is 284 g/mol. The molecule has 1 unspecified atom stereocenters. The summed E-state index contributed by atoms with van der Waals surface area (Å²) < 4.78 is 13.6. The number of pyridine rings is 1. The summed E-state index contributed by atoms with van der Waals surface area (Å²) in [5, 5.41) is 0. The van der Waals surface area contributed by atoms with E-state index < -0.39 is 0 Å². The molecule has 0 aliphatic carbocycles. The van der Waals surface area contributed by atoms with Crippen LogP contribution in [0.3, 0.4) is 0 Å². The molecule has 1 fully saturated rings. The number of benzene rings is 1. The molecule has 1 atom stereocenters. The highest BCUT2D eigenvalue weighted by Crippen LogP contribution is 2.23. The van der Waals surface area contributed by atoms with Crippen LogP contribution in [0.1, 0.15) is 23.2 Å². The molecule has 110 valence electrons. The van der Waals surface area contributed by atoms with Gasteiger partial charge in [-0.25, -0.2) is 4.39 Å². The zero-order valence-electron chi connectivity index (χ0n) is 12.4. The van der Waals surface area contributed by atoms with Crippen LogP contribution >= 0.6 is 0 Å². The van der Waals surface area contributed by atoms with Crippen molar-refractivity contribution in [2.45, 2.75) is 26.3 Å². The summed E-state index contributed by atoms with van der Waals surface area (Å²) in [5.41, 5.74) is 2.96. The second-order valence-electron chi connectivity index (χ2n) is 6.00. The molecule has 2 aromatic rings. The monoisotopic (exact) mass is 284 g/mol. The number of rotatable bonds is 4. The summed E-state index contributed by atoms with van der Waals surface area (Å²) in [7, 11) is 0. The summed E-state index contributed by atoms with van der Waals surface area (Å²) >= 11 is 0. The molecular formula is C18H21FN2. The Morgan fingerprint density at radius 2 is 2.19 bits per heavy atom. The third-order valence-corrected chi connectivity index (χ3v) is 4.24. The van der Waals surface area contributed by atoms with Crippen molar-refractivity contribution in [3.05, 3.63) is 65.2 Å². The molecule has 0 radical (unpaired) electrons. The minimum Gasteiger partial charge on any atom is -0.297 e. The summed E-state index contributed by atoms with van der Waals surface area (Å²) in [6.07, 6.45) is 4.00. The first kappa shape index (κ1) is 14.2. The molecule has 1 aliphatic heterocycles. The van der Waals surface area contributed by atoms with E-state index in [1.54, 1.807) is 6.07 Å². The van der Waals surface area contributed by atoms with Crippen LogP contribution in [0.2, 0.25) is 0 Å². The lowest BCUT2D eigenvalue weighted by Crippen LogP contribution is -2.21. The van der Waals surface area contributed by atoms with E-state index in [1.165, 1.54) is 6.42 Å². The van der Waals surface area contributed by atoms with Gasteiger partial charge in [0.15, 0.2) is 0 Å². The van der Waals surface area contributed by atoms with Crippen LogP contribution in [-0.2, 0) is 13.0 Å². The van der Waals surface area contributed by atoms with Gasteiger partial charge in [0.1, 0.15) is 5.82 Å². The Bertz CT molecular complexity index is 597. The molecule has 1 aliphatic rings. The van der Waals surface area contributed by atoms with Crippen molar-refractivity contribution >= 4 is 0 Å². The molecule has 1 aromatic heterocycles. The largest absolute Gasteiger partial charge is 0.297 e. The number of likely N-dealkylation sites (tertiary alicyclic amines) is 1. The number of aryl methyl sites for hydroxylation is 1. The van der Waals surface area contributed by atoms with Gasteiger partial charge < -0.3 is 0 Å². The summed E-state index contributed by atoms with van der Waals surface area (Å²) in [6, 6.07) is 11.7. The van der Waals surface area contributed by atoms with Gasteiger partial charge in [0, 0.05) is 19.3 Å². The van der Waals surface area contributed by atoms with Crippen molar-refractivity contribution in [2.24, 2.45) is 5.92 Å². The molecule has 0 spiro atoms. The van der Waals surface area contributed by atoms with Crippen LogP contribution in [0.25, 0.3) is 0 Å². The van der Waals surface area contributed by atoms with Crippen molar-refractivity contribution in [1.82, 2.24) is 9.88 Å². The lowest BCUT2D eigenvalue weighted by atomic mass is 9.98. The van der Waals surface area contributed by atoms with Crippen LogP contribution < -0.4 is 0 Å². The van der Waals surface area contributed by atoms with Crippen molar-refractivity contribution in [3.8, 4) is 0 Å². The first-order valence-electron chi connectivity index (χ1n) is 7.58. The van der Waals surface area contributed by atoms with E-state index in [9.17, 15) is 4.39 Å². The number of nitrogens with zero attached hydrogens (tertiary/aromatic N) is 2. The van der Waals surface area contributed by atoms with Crippen molar-refractivity contribution in [2.75, 3.05) is 13.1 Å². The van der Waals surface area contributed by atoms with Gasteiger partial charge in [-0.3, -0.25) is 9.88 Å². The van der Waals surface area contributed by atoms with E-state index in [0.29, 0.717) is 5.92 Å². The van der Waals surface area contributed by atoms with Crippen molar-refractivity contribution in [3.63, 3.8) is 0 Å². The maximum Gasteiger partial charge on any atom is 0.126 e. The average Bonchev–Trinajstić information content (AvgIpc) is 2.91. The van der Waals surface area contributed by atoms with E-state index in [1.807, 2.05) is 31.3 Å². The highest BCUT2D eigenvalue weighted by molar-refractivity contribution is 5.23. The quantitative estimate of drug-likeness (QED) is 0.853. The number of hydrogen-bond donors (Lipinski definition) is 0. The Morgan fingerprint density at radius 1 is 1.29 bits per heavy atom. The normalized spacial score (nSPS) is 19.0. The lowest BCUT2D eigenvalue weighted by Gasteiger charge is -2.15. The second kappa shape index (κ2) is 6.35. The van der Waals surface area contributed by atoms with Gasteiger partial charge >= 0.3 is 0 Å². The molecule has 21 heavy (non-hydrogen) atoms. The molecule has 1 aromatic carbocycles. The van der Waals surface area contributed by atoms with Crippen LogP contribution in [-0.4, -0.2) is 23.0 Å². The molecule has 2 nitrogen and oxygen atoms in total. The van der Waals surface area contributed by atoms with Crippen molar-refractivity contribution in [1.29, 1.82) is 0 Å². The lowest BCUT2D eigenvalue weighted by molar-refractivity contribution is 0.312. The Balaban J connectivity index is 1.56. The fourth-order valence-corrected chi connectivity index (χ4v) is 3.04. The molecule has 3 rings (SSSR count). The van der Waals surface area contributed by atoms with Gasteiger partial charge in [0.05, 0.1) is 5.69 Å². The molecule has 0 saturated carbocycles. The molecule has 0 N–H and O–H groups in total. The zero-order valence-corrected chi connectivity index (χ0v) is 12.4. The van der Waals surface area contributed by atoms with E-state index in [2.05, 4.69) is 22.0 Å². The summed E-state index contributed by atoms with van der Waals surface area (Å²) in [5.74, 6) is 0.534.